The van der Waals surface area contributed by atoms with Gasteiger partial charge in [-0.15, -0.1) is 10.2 Å². The van der Waals surface area contributed by atoms with E-state index in [4.69, 9.17) is 23.9 Å². The van der Waals surface area contributed by atoms with Gasteiger partial charge in [0, 0.05) is 6.61 Å². The van der Waals surface area contributed by atoms with Crippen molar-refractivity contribution in [1.29, 1.82) is 0 Å². The number of hydrogen-bond acceptors (Lipinski definition) is 11. The summed E-state index contributed by atoms with van der Waals surface area (Å²) in [5.41, 5.74) is 2.41. The highest BCUT2D eigenvalue weighted by Gasteiger charge is 2.11. The molecule has 0 unspecified atom stereocenters. The van der Waals surface area contributed by atoms with Crippen LogP contribution in [0.5, 0.6) is 0 Å². The van der Waals surface area contributed by atoms with Gasteiger partial charge in [0.05, 0.1) is 26.2 Å². The van der Waals surface area contributed by atoms with E-state index in [0.717, 1.165) is 9.69 Å². The fourth-order valence-corrected chi connectivity index (χ4v) is 2.89. The Morgan fingerprint density at radius 3 is 1.94 bits per heavy atom. The maximum atomic E-state index is 11.9. The molecule has 0 radical (unpaired) electrons. The van der Waals surface area contributed by atoms with E-state index in [0.29, 0.717) is 48.3 Å². The van der Waals surface area contributed by atoms with Crippen molar-refractivity contribution in [2.24, 2.45) is 0 Å². The van der Waals surface area contributed by atoms with Gasteiger partial charge in [-0.2, -0.15) is 0 Å². The van der Waals surface area contributed by atoms with Gasteiger partial charge < -0.3 is 19.0 Å². The van der Waals surface area contributed by atoms with E-state index in [2.05, 4.69) is 20.6 Å². The molecule has 0 bridgehead atoms. The number of para-hydroxylation sites is 2. The third-order valence-electron chi connectivity index (χ3n) is 4.48. The summed E-state index contributed by atoms with van der Waals surface area (Å²) in [6.45, 7) is 1.19. The van der Waals surface area contributed by atoms with Gasteiger partial charge in [0.25, 0.3) is 0 Å². The van der Waals surface area contributed by atoms with Crippen molar-refractivity contribution in [2.45, 2.75) is 12.8 Å². The maximum Gasteiger partial charge on any atom is 0.535 e. The number of benzene rings is 2. The van der Waals surface area contributed by atoms with Gasteiger partial charge in [-0.3, -0.25) is 4.84 Å². The molecule has 0 aliphatic rings. The first kappa shape index (κ1) is 23.1. The van der Waals surface area contributed by atoms with E-state index in [-0.39, 0.29) is 19.6 Å². The molecule has 4 aromatic rings. The zero-order valence-electron chi connectivity index (χ0n) is 18.1. The number of ether oxygens (including phenoxy) is 3. The monoisotopic (exact) mass is 470 g/mol. The Morgan fingerprint density at radius 2 is 1.26 bits per heavy atom. The molecule has 0 N–H and O–H groups in total. The van der Waals surface area contributed by atoms with Crippen LogP contribution in [0.1, 0.15) is 12.8 Å². The van der Waals surface area contributed by atoms with Gasteiger partial charge in [-0.1, -0.05) is 34.0 Å². The average molecular weight is 470 g/mol. The van der Waals surface area contributed by atoms with Crippen LogP contribution in [0.4, 0.5) is 4.79 Å². The Labute approximate surface area is 193 Å². The van der Waals surface area contributed by atoms with Crippen molar-refractivity contribution in [3.8, 4) is 0 Å². The molecule has 13 nitrogen and oxygen atoms in total. The molecule has 0 fully saturated rings. The fourth-order valence-electron chi connectivity index (χ4n) is 2.89. The van der Waals surface area contributed by atoms with Crippen LogP contribution in [0.25, 0.3) is 22.1 Å². The molecule has 178 valence electrons. The summed E-state index contributed by atoms with van der Waals surface area (Å²) in [6.07, 6.45) is -0.259. The van der Waals surface area contributed by atoms with E-state index < -0.39 is 12.1 Å². The lowest BCUT2D eigenvalue weighted by molar-refractivity contribution is -0.145. The lowest BCUT2D eigenvalue weighted by atomic mass is 10.3. The van der Waals surface area contributed by atoms with Gasteiger partial charge in [0.15, 0.2) is 0 Å². The van der Waals surface area contributed by atoms with E-state index in [1.165, 1.54) is 0 Å². The largest absolute Gasteiger partial charge is 0.535 e. The van der Waals surface area contributed by atoms with E-state index >= 15 is 0 Å². The van der Waals surface area contributed by atoms with Crippen molar-refractivity contribution in [2.75, 3.05) is 33.0 Å². The predicted octanol–water partition coefficient (Wildman–Crippen LogP) is 1.21. The number of rotatable bonds is 12. The third kappa shape index (κ3) is 6.24. The number of carbonyl (C=O) groups is 2. The molecule has 0 atom stereocenters. The van der Waals surface area contributed by atoms with Crippen LogP contribution in [0.3, 0.4) is 0 Å². The van der Waals surface area contributed by atoms with Crippen molar-refractivity contribution in [3.63, 3.8) is 0 Å². The number of carbonyl (C=O) groups excluding carboxylic acids is 2. The number of fused-ring (bicyclic) bond motifs is 2. The molecule has 13 heteroatoms. The Bertz CT molecular complexity index is 1140. The van der Waals surface area contributed by atoms with E-state index in [9.17, 15) is 9.59 Å². The minimum atomic E-state index is -0.915. The van der Waals surface area contributed by atoms with Gasteiger partial charge in [0.2, 0.25) is 0 Å². The second-order valence-corrected chi connectivity index (χ2v) is 6.88. The molecule has 2 aromatic carbocycles. The third-order valence-corrected chi connectivity index (χ3v) is 4.48. The number of aromatic nitrogens is 6. The molecule has 0 saturated heterocycles. The zero-order valence-corrected chi connectivity index (χ0v) is 18.1. The van der Waals surface area contributed by atoms with Crippen LogP contribution < -0.4 is 9.68 Å². The van der Waals surface area contributed by atoms with Gasteiger partial charge >= 0.3 is 12.1 Å². The van der Waals surface area contributed by atoms with Crippen molar-refractivity contribution in [3.05, 3.63) is 48.5 Å². The molecule has 0 saturated carbocycles. The lowest BCUT2D eigenvalue weighted by Gasteiger charge is -2.07. The summed E-state index contributed by atoms with van der Waals surface area (Å²) in [7, 11) is 0. The van der Waals surface area contributed by atoms with Crippen molar-refractivity contribution < 1.29 is 33.5 Å². The predicted molar refractivity (Wildman–Crippen MR) is 115 cm³/mol. The minimum Gasteiger partial charge on any atom is -0.430 e. The topological polar surface area (TPSA) is 142 Å². The Balaban J connectivity index is 1.000. The maximum absolute atomic E-state index is 11.9. The molecule has 2 aromatic heterocycles. The highest BCUT2D eigenvalue weighted by molar-refractivity contribution is 5.76. The normalized spacial score (nSPS) is 11.1. The molecule has 0 aliphatic carbocycles. The van der Waals surface area contributed by atoms with E-state index in [1.807, 2.05) is 12.1 Å². The molecule has 2 heterocycles. The summed E-state index contributed by atoms with van der Waals surface area (Å²) in [6, 6.07) is 14.2. The molecular weight excluding hydrogens is 448 g/mol. The Hall–Kier alpha value is -4.10. The van der Waals surface area contributed by atoms with Crippen LogP contribution in [-0.2, 0) is 19.0 Å². The van der Waals surface area contributed by atoms with Crippen molar-refractivity contribution >= 4 is 34.2 Å². The smallest absolute Gasteiger partial charge is 0.430 e. The second kappa shape index (κ2) is 11.7. The highest BCUT2D eigenvalue weighted by Crippen LogP contribution is 2.09. The van der Waals surface area contributed by atoms with Crippen LogP contribution in [0.2, 0.25) is 0 Å². The minimum absolute atomic E-state index is 0.00821. The lowest BCUT2D eigenvalue weighted by Crippen LogP contribution is -2.23. The number of nitrogens with zero attached hydrogens (tertiary/aromatic N) is 6. The van der Waals surface area contributed by atoms with Gasteiger partial charge in [0.1, 0.15) is 28.7 Å². The average Bonchev–Trinajstić information content (AvgIpc) is 3.45. The first-order valence-corrected chi connectivity index (χ1v) is 10.5. The highest BCUT2D eigenvalue weighted by atomic mass is 16.8. The Morgan fingerprint density at radius 1 is 0.706 bits per heavy atom. The zero-order chi connectivity index (χ0) is 23.6. The van der Waals surface area contributed by atoms with Gasteiger partial charge in [-0.25, -0.2) is 9.59 Å². The van der Waals surface area contributed by atoms with Crippen LogP contribution >= 0.6 is 0 Å². The van der Waals surface area contributed by atoms with Crippen LogP contribution in [-0.4, -0.2) is 75.5 Å². The SMILES string of the molecule is O=C(CCCOCCOCCOC(=O)On1nnc2ccccc21)On1nnc2ccccc21. The molecule has 0 amide bonds. The van der Waals surface area contributed by atoms with E-state index in [1.54, 1.807) is 36.4 Å². The Kier molecular flexibility index (Phi) is 7.92. The van der Waals surface area contributed by atoms with Gasteiger partial charge in [-0.05, 0) is 41.1 Å². The molecule has 4 rings (SSSR count). The summed E-state index contributed by atoms with van der Waals surface area (Å²) >= 11 is 0. The quantitative estimate of drug-likeness (QED) is 0.167. The van der Waals surface area contributed by atoms with Crippen molar-refractivity contribution in [1.82, 2.24) is 30.3 Å². The van der Waals surface area contributed by atoms with Crippen LogP contribution in [0.15, 0.2) is 48.5 Å². The summed E-state index contributed by atoms with van der Waals surface area (Å²) in [4.78, 5) is 35.9. The first-order chi connectivity index (χ1) is 16.7. The molecular formula is C21H22N6O7. The fraction of sp³-hybridized carbons (Fsp3) is 0.333. The summed E-state index contributed by atoms with van der Waals surface area (Å²) < 4.78 is 15.7. The summed E-state index contributed by atoms with van der Waals surface area (Å²) in [5.74, 6) is -0.432. The first-order valence-electron chi connectivity index (χ1n) is 10.5. The second-order valence-electron chi connectivity index (χ2n) is 6.88. The summed E-state index contributed by atoms with van der Waals surface area (Å²) in [5, 5.41) is 15.3. The molecule has 0 aliphatic heterocycles. The van der Waals surface area contributed by atoms with Crippen LogP contribution in [0, 0.1) is 0 Å². The number of hydrogen-bond donors (Lipinski definition) is 0. The standard InChI is InChI=1S/C21H22N6O7/c28-20(33-26-18-8-3-1-6-16(18)22-24-26)10-5-11-30-12-13-31-14-15-32-21(29)34-27-19-9-4-2-7-17(19)23-25-27/h1-4,6-9H,5,10-15H2. The molecule has 0 spiro atoms. The molecule has 34 heavy (non-hydrogen) atoms.